The van der Waals surface area contributed by atoms with E-state index >= 15 is 0 Å². The Morgan fingerprint density at radius 3 is 2.42 bits per heavy atom. The fourth-order valence-corrected chi connectivity index (χ4v) is 7.75. The van der Waals surface area contributed by atoms with Crippen molar-refractivity contribution in [1.29, 1.82) is 0 Å². The number of rotatable bonds is 7. The molecular formula is C32H40N2O8S. The van der Waals surface area contributed by atoms with E-state index in [1.807, 2.05) is 31.2 Å². The smallest absolute Gasteiger partial charge is 0.410 e. The van der Waals surface area contributed by atoms with Crippen molar-refractivity contribution in [2.45, 2.75) is 81.4 Å². The monoisotopic (exact) mass is 612 g/mol. The Hall–Kier alpha value is -3.41. The highest BCUT2D eigenvalue weighted by molar-refractivity contribution is 7.86. The fourth-order valence-electron chi connectivity index (χ4n) is 6.79. The minimum absolute atomic E-state index is 0.0365. The van der Waals surface area contributed by atoms with Crippen molar-refractivity contribution in [3.63, 3.8) is 0 Å². The molecule has 2 N–H and O–H groups in total. The van der Waals surface area contributed by atoms with Gasteiger partial charge in [0.05, 0.1) is 41.2 Å². The molecule has 0 aromatic heterocycles. The van der Waals surface area contributed by atoms with Gasteiger partial charge >= 0.3 is 12.1 Å². The number of hydrogen-bond donors (Lipinski definition) is 2. The van der Waals surface area contributed by atoms with Crippen molar-refractivity contribution in [1.82, 2.24) is 4.90 Å². The van der Waals surface area contributed by atoms with Gasteiger partial charge in [0.1, 0.15) is 5.60 Å². The van der Waals surface area contributed by atoms with Gasteiger partial charge in [-0.1, -0.05) is 42.8 Å². The molecule has 2 aromatic carbocycles. The van der Waals surface area contributed by atoms with Crippen molar-refractivity contribution in [3.8, 4) is 0 Å². The van der Waals surface area contributed by atoms with Gasteiger partial charge in [-0.25, -0.2) is 9.59 Å². The van der Waals surface area contributed by atoms with E-state index in [-0.39, 0.29) is 23.3 Å². The average Bonchev–Trinajstić information content (AvgIpc) is 3.51. The summed E-state index contributed by atoms with van der Waals surface area (Å²) in [4.78, 5) is 28.8. The topological polar surface area (TPSA) is 131 Å². The molecule has 232 valence electrons. The normalized spacial score (nSPS) is 24.4. The zero-order valence-electron chi connectivity index (χ0n) is 25.5. The molecule has 3 aliphatic rings. The van der Waals surface area contributed by atoms with Gasteiger partial charge in [-0.15, -0.1) is 0 Å². The van der Waals surface area contributed by atoms with Crippen LogP contribution in [0.5, 0.6) is 0 Å². The standard InChI is InChI=1S/C32H40N2O8S/c1-7-31(37,19-41-43(38,39)21-14-12-20(2)13-15-21)23-18-25-32(16-17-34(25)29(36)42-30(3,4)5)22-10-8-9-11-24(22)33-27(32)26(23)28(35)40-6/h8-15,23,25,33,37H,7,16-19H2,1-6H3/t23-,25+,31+,32-/m1/s1. The number of nitrogens with one attached hydrogen (secondary N) is 1. The van der Waals surface area contributed by atoms with Crippen LogP contribution in [0.1, 0.15) is 58.1 Å². The van der Waals surface area contributed by atoms with E-state index in [1.165, 1.54) is 19.2 Å². The molecule has 10 nitrogen and oxygen atoms in total. The summed E-state index contributed by atoms with van der Waals surface area (Å²) in [5.74, 6) is -1.57. The predicted molar refractivity (Wildman–Crippen MR) is 160 cm³/mol. The summed E-state index contributed by atoms with van der Waals surface area (Å²) in [5, 5.41) is 15.6. The maximum absolute atomic E-state index is 13.6. The summed E-state index contributed by atoms with van der Waals surface area (Å²) in [6.07, 6.45) is 0.249. The summed E-state index contributed by atoms with van der Waals surface area (Å²) in [6.45, 7) is 8.72. The predicted octanol–water partition coefficient (Wildman–Crippen LogP) is 4.66. The van der Waals surface area contributed by atoms with Crippen molar-refractivity contribution in [2.24, 2.45) is 5.92 Å². The Bertz CT molecular complexity index is 1560. The lowest BCUT2D eigenvalue weighted by molar-refractivity contribution is -0.139. The molecule has 43 heavy (non-hydrogen) atoms. The Labute approximate surface area is 253 Å². The maximum atomic E-state index is 13.6. The summed E-state index contributed by atoms with van der Waals surface area (Å²) in [5.41, 5.74) is 0.108. The van der Waals surface area contributed by atoms with Gasteiger partial charge in [-0.2, -0.15) is 8.42 Å². The molecule has 2 heterocycles. The van der Waals surface area contributed by atoms with Crippen molar-refractivity contribution in [2.75, 3.05) is 25.6 Å². The van der Waals surface area contributed by atoms with Crippen molar-refractivity contribution < 1.29 is 36.8 Å². The van der Waals surface area contributed by atoms with E-state index < -0.39 is 57.4 Å². The number of anilines is 1. The number of benzene rings is 2. The van der Waals surface area contributed by atoms with E-state index in [0.717, 1.165) is 16.8 Å². The number of esters is 1. The highest BCUT2D eigenvalue weighted by Crippen LogP contribution is 2.60. The third-order valence-corrected chi connectivity index (χ3v) is 10.2. The van der Waals surface area contributed by atoms with Gasteiger partial charge in [0.25, 0.3) is 10.1 Å². The van der Waals surface area contributed by atoms with Crippen LogP contribution in [0.2, 0.25) is 0 Å². The number of hydrogen-bond acceptors (Lipinski definition) is 9. The maximum Gasteiger partial charge on any atom is 0.410 e. The highest BCUT2D eigenvalue weighted by atomic mass is 32.2. The second-order valence-electron chi connectivity index (χ2n) is 12.6. The van der Waals surface area contributed by atoms with Crippen LogP contribution in [-0.2, 0) is 34.0 Å². The summed E-state index contributed by atoms with van der Waals surface area (Å²) < 4.78 is 42.8. The number of carbonyl (C=O) groups is 2. The number of aryl methyl sites for hydroxylation is 1. The second kappa shape index (κ2) is 10.9. The number of methoxy groups -OCH3 is 1. The van der Waals surface area contributed by atoms with Gasteiger partial charge in [0, 0.05) is 23.8 Å². The molecule has 4 atom stereocenters. The minimum Gasteiger partial charge on any atom is -0.466 e. The van der Waals surface area contributed by atoms with Crippen LogP contribution in [0.3, 0.4) is 0 Å². The first kappa shape index (κ1) is 31.0. The molecule has 1 spiro atoms. The molecule has 2 aliphatic heterocycles. The first-order valence-electron chi connectivity index (χ1n) is 14.5. The number of amides is 1. The zero-order valence-corrected chi connectivity index (χ0v) is 26.3. The third-order valence-electron chi connectivity index (χ3n) is 8.95. The fraction of sp³-hybridized carbons (Fsp3) is 0.500. The van der Waals surface area contributed by atoms with E-state index in [0.29, 0.717) is 18.7 Å². The quantitative estimate of drug-likeness (QED) is 0.339. The largest absolute Gasteiger partial charge is 0.466 e. The lowest BCUT2D eigenvalue weighted by Gasteiger charge is -2.47. The Morgan fingerprint density at radius 2 is 1.79 bits per heavy atom. The minimum atomic E-state index is -4.22. The molecule has 2 aromatic rings. The highest BCUT2D eigenvalue weighted by Gasteiger charge is 2.63. The third kappa shape index (κ3) is 5.32. The molecule has 5 rings (SSSR count). The summed E-state index contributed by atoms with van der Waals surface area (Å²) in [6, 6.07) is 13.4. The Balaban J connectivity index is 1.61. The van der Waals surface area contributed by atoms with Crippen molar-refractivity contribution >= 4 is 27.9 Å². The molecule has 0 unspecified atom stereocenters. The zero-order chi connectivity index (χ0) is 31.4. The Morgan fingerprint density at radius 1 is 1.12 bits per heavy atom. The lowest BCUT2D eigenvalue weighted by atomic mass is 9.61. The number of ether oxygens (including phenoxy) is 2. The number of likely N-dealkylation sites (tertiary alicyclic amines) is 1. The van der Waals surface area contributed by atoms with E-state index in [1.54, 1.807) is 44.7 Å². The van der Waals surface area contributed by atoms with Crippen LogP contribution in [0.15, 0.2) is 64.7 Å². The molecule has 1 saturated heterocycles. The molecule has 0 radical (unpaired) electrons. The number of aliphatic hydroxyl groups is 1. The first-order chi connectivity index (χ1) is 20.2. The van der Waals surface area contributed by atoms with Crippen LogP contribution in [0.4, 0.5) is 10.5 Å². The summed E-state index contributed by atoms with van der Waals surface area (Å²) >= 11 is 0. The first-order valence-corrected chi connectivity index (χ1v) is 16.0. The molecule has 0 saturated carbocycles. The van der Waals surface area contributed by atoms with Crippen LogP contribution in [-0.4, -0.2) is 68.0 Å². The second-order valence-corrected chi connectivity index (χ2v) is 14.3. The van der Waals surface area contributed by atoms with Crippen LogP contribution in [0.25, 0.3) is 0 Å². The average molecular weight is 613 g/mol. The van der Waals surface area contributed by atoms with E-state index in [9.17, 15) is 23.1 Å². The van der Waals surface area contributed by atoms with Crippen LogP contribution < -0.4 is 5.32 Å². The SMILES string of the molecule is CC[C@](O)(COS(=O)(=O)c1ccc(C)cc1)[C@@H]1C[C@@H]2N(C(=O)OC(C)(C)C)CC[C@]23C(=C1C(=O)OC)Nc1ccccc13. The number of nitrogens with zero attached hydrogens (tertiary/aromatic N) is 1. The molecule has 1 fully saturated rings. The molecule has 1 aliphatic carbocycles. The number of fused-ring (bicyclic) bond motifs is 1. The van der Waals surface area contributed by atoms with Gasteiger partial charge in [0.15, 0.2) is 0 Å². The van der Waals surface area contributed by atoms with Gasteiger partial charge < -0.3 is 24.8 Å². The number of carbonyl (C=O) groups excluding carboxylic acids is 2. The number of para-hydroxylation sites is 1. The van der Waals surface area contributed by atoms with E-state index in [4.69, 9.17) is 13.7 Å². The van der Waals surface area contributed by atoms with Gasteiger partial charge in [-0.05, 0) is 70.7 Å². The molecular weight excluding hydrogens is 572 g/mol. The van der Waals surface area contributed by atoms with Gasteiger partial charge in [0.2, 0.25) is 0 Å². The van der Waals surface area contributed by atoms with E-state index in [2.05, 4.69) is 5.32 Å². The Kier molecular flexibility index (Phi) is 7.90. The molecule has 0 bridgehead atoms. The molecule has 1 amide bonds. The van der Waals surface area contributed by atoms with Crippen LogP contribution in [0, 0.1) is 12.8 Å². The van der Waals surface area contributed by atoms with Crippen molar-refractivity contribution in [3.05, 3.63) is 70.9 Å². The molecule has 11 heteroatoms. The van der Waals surface area contributed by atoms with Crippen LogP contribution >= 0.6 is 0 Å². The summed E-state index contributed by atoms with van der Waals surface area (Å²) in [7, 11) is -2.94. The lowest BCUT2D eigenvalue weighted by Crippen LogP contribution is -2.56. The van der Waals surface area contributed by atoms with Gasteiger partial charge in [-0.3, -0.25) is 4.18 Å².